The van der Waals surface area contributed by atoms with Crippen LogP contribution in [0.3, 0.4) is 0 Å². The SMILES string of the molecule is CNC(=O)C(OC(N)=O)c1ccc(O)cc1. The van der Waals surface area contributed by atoms with Gasteiger partial charge in [0.1, 0.15) is 5.75 Å². The Hall–Kier alpha value is -2.24. The first-order valence-corrected chi connectivity index (χ1v) is 4.51. The number of hydrogen-bond donors (Lipinski definition) is 3. The third-order valence-corrected chi connectivity index (χ3v) is 1.91. The first-order valence-electron chi connectivity index (χ1n) is 4.51. The molecule has 6 heteroatoms. The first kappa shape index (κ1) is 11.8. The molecule has 4 N–H and O–H groups in total. The highest BCUT2D eigenvalue weighted by Crippen LogP contribution is 2.20. The zero-order valence-electron chi connectivity index (χ0n) is 8.64. The van der Waals surface area contributed by atoms with Gasteiger partial charge in [0, 0.05) is 12.6 Å². The van der Waals surface area contributed by atoms with Crippen LogP contribution in [0, 0.1) is 0 Å². The van der Waals surface area contributed by atoms with Gasteiger partial charge in [0.15, 0.2) is 0 Å². The predicted octanol–water partition coefficient (Wildman–Crippen LogP) is 0.275. The van der Waals surface area contributed by atoms with Crippen LogP contribution < -0.4 is 11.1 Å². The molecule has 0 spiro atoms. The maximum Gasteiger partial charge on any atom is 0.405 e. The van der Waals surface area contributed by atoms with Gasteiger partial charge in [0.05, 0.1) is 0 Å². The van der Waals surface area contributed by atoms with E-state index in [-0.39, 0.29) is 5.75 Å². The second-order valence-corrected chi connectivity index (χ2v) is 3.02. The van der Waals surface area contributed by atoms with Gasteiger partial charge in [0.2, 0.25) is 6.10 Å². The van der Waals surface area contributed by atoms with Crippen molar-refractivity contribution in [1.82, 2.24) is 5.32 Å². The van der Waals surface area contributed by atoms with Crippen molar-refractivity contribution in [3.8, 4) is 5.75 Å². The lowest BCUT2D eigenvalue weighted by Crippen LogP contribution is -2.30. The first-order chi connectivity index (χ1) is 7.54. The van der Waals surface area contributed by atoms with Crippen LogP contribution in [-0.4, -0.2) is 24.2 Å². The van der Waals surface area contributed by atoms with Crippen molar-refractivity contribution in [1.29, 1.82) is 0 Å². The lowest BCUT2D eigenvalue weighted by Gasteiger charge is -2.15. The summed E-state index contributed by atoms with van der Waals surface area (Å²) in [7, 11) is 1.42. The molecule has 6 nitrogen and oxygen atoms in total. The standard InChI is InChI=1S/C10H12N2O4/c1-12-9(14)8(16-10(11)15)6-2-4-7(13)5-3-6/h2-5,8,13H,1H3,(H2,11,15)(H,12,14). The zero-order valence-corrected chi connectivity index (χ0v) is 8.64. The fraction of sp³-hybridized carbons (Fsp3) is 0.200. The summed E-state index contributed by atoms with van der Waals surface area (Å²) < 4.78 is 4.67. The fourth-order valence-electron chi connectivity index (χ4n) is 1.17. The number of benzene rings is 1. The summed E-state index contributed by atoms with van der Waals surface area (Å²) in [6, 6.07) is 5.71. The molecular formula is C10H12N2O4. The number of phenols is 1. The second kappa shape index (κ2) is 5.01. The van der Waals surface area contributed by atoms with Crippen LogP contribution in [0.15, 0.2) is 24.3 Å². The smallest absolute Gasteiger partial charge is 0.405 e. The van der Waals surface area contributed by atoms with Crippen LogP contribution in [-0.2, 0) is 9.53 Å². The van der Waals surface area contributed by atoms with Crippen molar-refractivity contribution in [3.05, 3.63) is 29.8 Å². The Morgan fingerprint density at radius 3 is 2.38 bits per heavy atom. The largest absolute Gasteiger partial charge is 0.508 e. The number of phenolic OH excluding ortho intramolecular Hbond substituents is 1. The molecular weight excluding hydrogens is 212 g/mol. The number of carbonyl (C=O) groups excluding carboxylic acids is 2. The quantitative estimate of drug-likeness (QED) is 0.686. The van der Waals surface area contributed by atoms with E-state index < -0.39 is 18.1 Å². The molecule has 0 aliphatic carbocycles. The minimum atomic E-state index is -1.11. The summed E-state index contributed by atoms with van der Waals surface area (Å²) in [6.45, 7) is 0. The molecule has 0 fully saturated rings. The lowest BCUT2D eigenvalue weighted by molar-refractivity contribution is -0.129. The van der Waals surface area contributed by atoms with Gasteiger partial charge in [-0.05, 0) is 12.1 Å². The Bertz CT molecular complexity index is 388. The normalized spacial score (nSPS) is 11.6. The molecule has 0 aliphatic rings. The van der Waals surface area contributed by atoms with Crippen LogP contribution in [0.5, 0.6) is 5.75 Å². The Balaban J connectivity index is 2.96. The van der Waals surface area contributed by atoms with Crippen molar-refractivity contribution in [2.24, 2.45) is 5.73 Å². The fourth-order valence-corrected chi connectivity index (χ4v) is 1.17. The third-order valence-electron chi connectivity index (χ3n) is 1.91. The number of ether oxygens (including phenoxy) is 1. The van der Waals surface area contributed by atoms with E-state index in [2.05, 4.69) is 10.1 Å². The number of primary amides is 1. The molecule has 0 heterocycles. The Kier molecular flexibility index (Phi) is 3.71. The molecule has 0 saturated carbocycles. The van der Waals surface area contributed by atoms with E-state index in [1.54, 1.807) is 0 Å². The monoisotopic (exact) mass is 224 g/mol. The highest BCUT2D eigenvalue weighted by molar-refractivity contribution is 5.84. The van der Waals surface area contributed by atoms with Gasteiger partial charge in [-0.3, -0.25) is 4.79 Å². The van der Waals surface area contributed by atoms with Gasteiger partial charge >= 0.3 is 6.09 Å². The summed E-state index contributed by atoms with van der Waals surface area (Å²) in [4.78, 5) is 22.1. The van der Waals surface area contributed by atoms with Gasteiger partial charge in [-0.15, -0.1) is 0 Å². The van der Waals surface area contributed by atoms with Gasteiger partial charge in [-0.2, -0.15) is 0 Å². The lowest BCUT2D eigenvalue weighted by atomic mass is 10.1. The molecule has 0 bridgehead atoms. The number of carbonyl (C=O) groups is 2. The molecule has 1 atom stereocenters. The van der Waals surface area contributed by atoms with Crippen molar-refractivity contribution in [3.63, 3.8) is 0 Å². The van der Waals surface area contributed by atoms with E-state index in [1.165, 1.54) is 31.3 Å². The van der Waals surface area contributed by atoms with E-state index in [9.17, 15) is 9.59 Å². The second-order valence-electron chi connectivity index (χ2n) is 3.02. The van der Waals surface area contributed by atoms with E-state index in [4.69, 9.17) is 10.8 Å². The summed E-state index contributed by atoms with van der Waals surface area (Å²) in [5, 5.41) is 11.4. The van der Waals surface area contributed by atoms with Crippen LogP contribution in [0.4, 0.5) is 4.79 Å². The Labute approximate surface area is 92.0 Å². The molecule has 1 unspecified atom stereocenters. The van der Waals surface area contributed by atoms with Gasteiger partial charge < -0.3 is 20.9 Å². The summed E-state index contributed by atoms with van der Waals surface area (Å²) in [5.74, 6) is -0.442. The molecule has 0 aliphatic heterocycles. The molecule has 1 aromatic rings. The summed E-state index contributed by atoms with van der Waals surface area (Å²) in [6.07, 6.45) is -2.15. The predicted molar refractivity (Wildman–Crippen MR) is 55.6 cm³/mol. The molecule has 86 valence electrons. The average molecular weight is 224 g/mol. The molecule has 1 rings (SSSR count). The number of hydrogen-bond acceptors (Lipinski definition) is 4. The number of amides is 2. The summed E-state index contributed by atoms with van der Waals surface area (Å²) in [5.41, 5.74) is 5.29. The van der Waals surface area contributed by atoms with Crippen molar-refractivity contribution in [2.45, 2.75) is 6.10 Å². The zero-order chi connectivity index (χ0) is 12.1. The number of aromatic hydroxyl groups is 1. The maximum absolute atomic E-state index is 11.4. The topological polar surface area (TPSA) is 102 Å². The van der Waals surface area contributed by atoms with Crippen LogP contribution in [0.25, 0.3) is 0 Å². The highest BCUT2D eigenvalue weighted by Gasteiger charge is 2.22. The van der Waals surface area contributed by atoms with Gasteiger partial charge in [0.25, 0.3) is 5.91 Å². The van der Waals surface area contributed by atoms with E-state index >= 15 is 0 Å². The van der Waals surface area contributed by atoms with Crippen molar-refractivity contribution in [2.75, 3.05) is 7.05 Å². The van der Waals surface area contributed by atoms with Gasteiger partial charge in [-0.1, -0.05) is 12.1 Å². The van der Waals surface area contributed by atoms with Crippen molar-refractivity contribution < 1.29 is 19.4 Å². The summed E-state index contributed by atoms with van der Waals surface area (Å²) >= 11 is 0. The molecule has 0 aromatic heterocycles. The molecule has 16 heavy (non-hydrogen) atoms. The van der Waals surface area contributed by atoms with Crippen LogP contribution in [0.2, 0.25) is 0 Å². The third kappa shape index (κ3) is 2.88. The molecule has 0 radical (unpaired) electrons. The molecule has 2 amide bonds. The number of likely N-dealkylation sites (N-methyl/N-ethyl adjacent to an activating group) is 1. The number of rotatable bonds is 3. The van der Waals surface area contributed by atoms with E-state index in [1.807, 2.05) is 0 Å². The highest BCUT2D eigenvalue weighted by atomic mass is 16.6. The Morgan fingerprint density at radius 1 is 1.38 bits per heavy atom. The van der Waals surface area contributed by atoms with Crippen LogP contribution in [0.1, 0.15) is 11.7 Å². The molecule has 0 saturated heterocycles. The maximum atomic E-state index is 11.4. The number of nitrogens with one attached hydrogen (secondary N) is 1. The van der Waals surface area contributed by atoms with E-state index in [0.717, 1.165) is 0 Å². The minimum absolute atomic E-state index is 0.0541. The molecule has 1 aromatic carbocycles. The average Bonchev–Trinajstić information content (AvgIpc) is 2.26. The number of nitrogens with two attached hydrogens (primary N) is 1. The van der Waals surface area contributed by atoms with E-state index in [0.29, 0.717) is 5.56 Å². The van der Waals surface area contributed by atoms with Crippen LogP contribution >= 0.6 is 0 Å². The van der Waals surface area contributed by atoms with Gasteiger partial charge in [-0.25, -0.2) is 4.79 Å². The van der Waals surface area contributed by atoms with Crippen molar-refractivity contribution >= 4 is 12.0 Å². The minimum Gasteiger partial charge on any atom is -0.508 e. The Morgan fingerprint density at radius 2 is 1.94 bits per heavy atom.